The van der Waals surface area contributed by atoms with Gasteiger partial charge in [-0.1, -0.05) is 29.8 Å². The first kappa shape index (κ1) is 19.3. The first-order valence-corrected chi connectivity index (χ1v) is 10.1. The Morgan fingerprint density at radius 2 is 1.97 bits per heavy atom. The number of nitrogen functional groups attached to an aromatic ring is 1. The number of fused-ring (bicyclic) bond motifs is 1. The summed E-state index contributed by atoms with van der Waals surface area (Å²) in [6.45, 7) is 2.07. The van der Waals surface area contributed by atoms with Crippen molar-refractivity contribution in [1.82, 2.24) is 24.1 Å². The number of para-hydroxylation sites is 1. The van der Waals surface area contributed by atoms with Crippen LogP contribution < -0.4 is 16.2 Å². The van der Waals surface area contributed by atoms with E-state index in [1.54, 1.807) is 16.8 Å². The van der Waals surface area contributed by atoms with Crippen LogP contribution in [0, 0.1) is 0 Å². The minimum absolute atomic E-state index is 0.129. The van der Waals surface area contributed by atoms with Crippen molar-refractivity contribution in [2.75, 3.05) is 17.2 Å². The van der Waals surface area contributed by atoms with E-state index in [2.05, 4.69) is 9.97 Å². The summed E-state index contributed by atoms with van der Waals surface area (Å²) >= 11 is 6.26. The Kier molecular flexibility index (Phi) is 4.48. The van der Waals surface area contributed by atoms with Crippen LogP contribution in [0.25, 0.3) is 11.2 Å². The zero-order chi connectivity index (χ0) is 21.7. The Bertz CT molecular complexity index is 1380. The number of carbonyl (C=O) groups excluding carboxylic acids is 1. The second-order valence-electron chi connectivity index (χ2n) is 7.30. The third-order valence-electron chi connectivity index (χ3n) is 5.48. The maximum Gasteiger partial charge on any atom is 0.284 e. The predicted octanol–water partition coefficient (Wildman–Crippen LogP) is 2.66. The smallest absolute Gasteiger partial charge is 0.284 e. The van der Waals surface area contributed by atoms with Gasteiger partial charge < -0.3 is 10.6 Å². The normalized spacial score (nSPS) is 15.8. The van der Waals surface area contributed by atoms with Gasteiger partial charge in [0.1, 0.15) is 29.0 Å². The molecule has 1 aliphatic heterocycles. The Labute approximate surface area is 181 Å². The number of anilines is 2. The van der Waals surface area contributed by atoms with Gasteiger partial charge in [0.25, 0.3) is 5.56 Å². The van der Waals surface area contributed by atoms with Crippen LogP contribution >= 0.6 is 11.6 Å². The van der Waals surface area contributed by atoms with Crippen molar-refractivity contribution in [3.8, 4) is 5.69 Å². The molecule has 10 heteroatoms. The Balaban J connectivity index is 1.72. The molecule has 4 heterocycles. The standard InChI is InChI=1S/C21H18ClN7O2/c1-12(30)16-18(23)24-11-25-20(16)27-9-8-15(27)19-26-28-10-7-14(22)17(28)21(31)29(19)13-5-3-2-4-6-13/h2-7,10-11,15H,8-9H2,1H3,(H2,23,24,25)/t15-/m0/s1. The highest BCUT2D eigenvalue weighted by molar-refractivity contribution is 6.33. The summed E-state index contributed by atoms with van der Waals surface area (Å²) in [5.41, 5.74) is 6.93. The fourth-order valence-corrected chi connectivity index (χ4v) is 4.17. The third-order valence-corrected chi connectivity index (χ3v) is 5.78. The number of Topliss-reactive ketones (excluding diaryl/α,β-unsaturated/α-hetero) is 1. The van der Waals surface area contributed by atoms with Gasteiger partial charge in [-0.2, -0.15) is 5.10 Å². The van der Waals surface area contributed by atoms with Crippen molar-refractivity contribution in [2.45, 2.75) is 19.4 Å². The summed E-state index contributed by atoms with van der Waals surface area (Å²) < 4.78 is 3.06. The molecule has 2 N–H and O–H groups in total. The molecular weight excluding hydrogens is 418 g/mol. The molecule has 1 saturated heterocycles. The second-order valence-corrected chi connectivity index (χ2v) is 7.71. The van der Waals surface area contributed by atoms with Crippen LogP contribution in [0.1, 0.15) is 35.6 Å². The topological polar surface area (TPSA) is 111 Å². The largest absolute Gasteiger partial charge is 0.383 e. The third kappa shape index (κ3) is 2.97. The minimum atomic E-state index is -0.286. The molecule has 9 nitrogen and oxygen atoms in total. The van der Waals surface area contributed by atoms with E-state index in [9.17, 15) is 9.59 Å². The van der Waals surface area contributed by atoms with Crippen LogP contribution in [0.5, 0.6) is 0 Å². The van der Waals surface area contributed by atoms with E-state index < -0.39 is 0 Å². The number of nitrogens with zero attached hydrogens (tertiary/aromatic N) is 6. The van der Waals surface area contributed by atoms with Crippen molar-refractivity contribution in [3.63, 3.8) is 0 Å². The van der Waals surface area contributed by atoms with Crippen LogP contribution in [0.3, 0.4) is 0 Å². The molecule has 0 saturated carbocycles. The van der Waals surface area contributed by atoms with E-state index in [1.807, 2.05) is 35.2 Å². The van der Waals surface area contributed by atoms with Crippen molar-refractivity contribution >= 4 is 34.5 Å². The van der Waals surface area contributed by atoms with E-state index >= 15 is 0 Å². The molecule has 4 aromatic rings. The molecule has 0 bridgehead atoms. The van der Waals surface area contributed by atoms with E-state index in [0.717, 1.165) is 6.42 Å². The molecule has 1 aliphatic rings. The lowest BCUT2D eigenvalue weighted by atomic mass is 10.00. The summed E-state index contributed by atoms with van der Waals surface area (Å²) in [4.78, 5) is 35.9. The number of benzene rings is 1. The molecule has 1 atom stereocenters. The van der Waals surface area contributed by atoms with E-state index in [1.165, 1.54) is 17.8 Å². The summed E-state index contributed by atoms with van der Waals surface area (Å²) in [5.74, 6) is 0.869. The molecule has 31 heavy (non-hydrogen) atoms. The molecule has 1 fully saturated rings. The highest BCUT2D eigenvalue weighted by Crippen LogP contribution is 2.38. The maximum absolute atomic E-state index is 13.4. The number of aromatic nitrogens is 5. The number of rotatable bonds is 4. The molecule has 0 amide bonds. The van der Waals surface area contributed by atoms with Gasteiger partial charge in [-0.25, -0.2) is 14.5 Å². The van der Waals surface area contributed by atoms with Crippen LogP contribution in [-0.4, -0.2) is 36.5 Å². The zero-order valence-corrected chi connectivity index (χ0v) is 17.3. The Morgan fingerprint density at radius 1 is 1.19 bits per heavy atom. The highest BCUT2D eigenvalue weighted by atomic mass is 35.5. The zero-order valence-electron chi connectivity index (χ0n) is 16.6. The predicted molar refractivity (Wildman–Crippen MR) is 117 cm³/mol. The number of nitrogens with two attached hydrogens (primary N) is 1. The lowest BCUT2D eigenvalue weighted by molar-refractivity contribution is 0.101. The number of hydrogen-bond donors (Lipinski definition) is 1. The average Bonchev–Trinajstić information content (AvgIpc) is 3.09. The summed E-state index contributed by atoms with van der Waals surface area (Å²) in [5, 5.41) is 5.06. The fraction of sp³-hybridized carbons (Fsp3) is 0.190. The van der Waals surface area contributed by atoms with Crippen LogP contribution in [-0.2, 0) is 0 Å². The van der Waals surface area contributed by atoms with Gasteiger partial charge in [0.05, 0.1) is 16.8 Å². The van der Waals surface area contributed by atoms with Crippen molar-refractivity contribution in [2.24, 2.45) is 0 Å². The van der Waals surface area contributed by atoms with Gasteiger partial charge in [-0.15, -0.1) is 0 Å². The lowest BCUT2D eigenvalue weighted by Gasteiger charge is -2.42. The Hall–Kier alpha value is -3.72. The monoisotopic (exact) mass is 435 g/mol. The molecule has 156 valence electrons. The summed E-state index contributed by atoms with van der Waals surface area (Å²) in [6.07, 6.45) is 3.71. The molecule has 0 radical (unpaired) electrons. The van der Waals surface area contributed by atoms with Gasteiger partial charge in [-0.05, 0) is 31.5 Å². The molecule has 0 unspecified atom stereocenters. The number of halogens is 1. The maximum atomic E-state index is 13.4. The first-order chi connectivity index (χ1) is 15.0. The van der Waals surface area contributed by atoms with Gasteiger partial charge in [0.15, 0.2) is 11.6 Å². The van der Waals surface area contributed by atoms with E-state index in [0.29, 0.717) is 34.4 Å². The lowest BCUT2D eigenvalue weighted by Crippen LogP contribution is -2.46. The van der Waals surface area contributed by atoms with Crippen LogP contribution in [0.15, 0.2) is 53.7 Å². The van der Waals surface area contributed by atoms with Gasteiger partial charge in [0, 0.05) is 12.7 Å². The van der Waals surface area contributed by atoms with E-state index in [4.69, 9.17) is 22.4 Å². The number of hydrogen-bond acceptors (Lipinski definition) is 7. The summed E-state index contributed by atoms with van der Waals surface area (Å²) in [6, 6.07) is 10.6. The number of ketones is 1. The molecule has 0 spiro atoms. The van der Waals surface area contributed by atoms with Crippen molar-refractivity contribution < 1.29 is 4.79 Å². The quantitative estimate of drug-likeness (QED) is 0.490. The molecule has 5 rings (SSSR count). The fourth-order valence-electron chi connectivity index (χ4n) is 3.94. The Morgan fingerprint density at radius 3 is 2.65 bits per heavy atom. The highest BCUT2D eigenvalue weighted by Gasteiger charge is 2.37. The SMILES string of the molecule is CC(=O)c1c(N)ncnc1N1CC[C@H]1c1nn2ccc(Cl)c2c(=O)n1-c1ccccc1. The van der Waals surface area contributed by atoms with Gasteiger partial charge in [0.2, 0.25) is 0 Å². The van der Waals surface area contributed by atoms with Gasteiger partial charge >= 0.3 is 0 Å². The second kappa shape index (κ2) is 7.21. The molecule has 0 aliphatic carbocycles. The average molecular weight is 436 g/mol. The first-order valence-electron chi connectivity index (χ1n) is 9.70. The number of carbonyl (C=O) groups is 1. The van der Waals surface area contributed by atoms with Crippen LogP contribution in [0.2, 0.25) is 5.02 Å². The molecule has 3 aromatic heterocycles. The summed E-state index contributed by atoms with van der Waals surface area (Å²) in [7, 11) is 0. The van der Waals surface area contributed by atoms with Crippen molar-refractivity contribution in [3.05, 3.63) is 75.7 Å². The van der Waals surface area contributed by atoms with Gasteiger partial charge in [-0.3, -0.25) is 14.2 Å². The van der Waals surface area contributed by atoms with Crippen molar-refractivity contribution in [1.29, 1.82) is 0 Å². The molecule has 1 aromatic carbocycles. The minimum Gasteiger partial charge on any atom is -0.383 e. The molecular formula is C21H18ClN7O2. The van der Waals surface area contributed by atoms with E-state index in [-0.39, 0.29) is 28.8 Å². The van der Waals surface area contributed by atoms with Crippen LogP contribution in [0.4, 0.5) is 11.6 Å².